The molecule has 5 heteroatoms. The van der Waals surface area contributed by atoms with Crippen molar-refractivity contribution in [1.29, 1.82) is 0 Å². The van der Waals surface area contributed by atoms with E-state index >= 15 is 0 Å². The number of piperidine rings is 1. The molecule has 1 N–H and O–H groups in total. The molecule has 0 unspecified atom stereocenters. The number of hydrogen-bond acceptors (Lipinski definition) is 2. The van der Waals surface area contributed by atoms with Crippen LogP contribution in [0.2, 0.25) is 0 Å². The molecule has 1 fully saturated rings. The van der Waals surface area contributed by atoms with E-state index in [1.54, 1.807) is 23.1 Å². The molecule has 0 atom stereocenters. The molecule has 0 saturated carbocycles. The van der Waals surface area contributed by atoms with Crippen LogP contribution in [0.15, 0.2) is 54.7 Å². The van der Waals surface area contributed by atoms with Crippen LogP contribution in [-0.4, -0.2) is 28.9 Å². The Morgan fingerprint density at radius 1 is 1.12 bits per heavy atom. The van der Waals surface area contributed by atoms with Crippen molar-refractivity contribution >= 4 is 16.8 Å². The SMILES string of the molecule is O=C(c1cccc[n+]1[O-])N1CCC(c2cc3ccccc3[nH]2)CC1. The largest absolute Gasteiger partial charge is 0.618 e. The second kappa shape index (κ2) is 6.00. The van der Waals surface area contributed by atoms with E-state index in [1.165, 1.54) is 17.3 Å². The van der Waals surface area contributed by atoms with Gasteiger partial charge in [0.15, 0.2) is 6.20 Å². The molecular formula is C19H19N3O2. The average molecular weight is 321 g/mol. The van der Waals surface area contributed by atoms with Gasteiger partial charge in [-0.25, -0.2) is 0 Å². The van der Waals surface area contributed by atoms with Gasteiger partial charge in [-0.05, 0) is 36.4 Å². The van der Waals surface area contributed by atoms with E-state index in [0.29, 0.717) is 23.7 Å². The Hall–Kier alpha value is -2.82. The van der Waals surface area contributed by atoms with Crippen molar-refractivity contribution < 1.29 is 9.52 Å². The Labute approximate surface area is 140 Å². The van der Waals surface area contributed by atoms with Gasteiger partial charge in [-0.15, -0.1) is 0 Å². The van der Waals surface area contributed by atoms with Crippen LogP contribution in [0.4, 0.5) is 0 Å². The molecule has 0 bridgehead atoms. The summed E-state index contributed by atoms with van der Waals surface area (Å²) in [6, 6.07) is 15.4. The number of pyridine rings is 1. The van der Waals surface area contributed by atoms with E-state index in [0.717, 1.165) is 18.4 Å². The normalized spacial score (nSPS) is 15.8. The topological polar surface area (TPSA) is 63.0 Å². The van der Waals surface area contributed by atoms with Gasteiger partial charge in [-0.2, -0.15) is 4.73 Å². The third-order valence-corrected chi connectivity index (χ3v) is 4.82. The summed E-state index contributed by atoms with van der Waals surface area (Å²) in [6.07, 6.45) is 3.18. The number of para-hydroxylation sites is 1. The number of nitrogens with one attached hydrogen (secondary N) is 1. The molecule has 1 amide bonds. The summed E-state index contributed by atoms with van der Waals surface area (Å²) >= 11 is 0. The zero-order valence-corrected chi connectivity index (χ0v) is 13.3. The van der Waals surface area contributed by atoms with E-state index < -0.39 is 0 Å². The minimum Gasteiger partial charge on any atom is -0.618 e. The molecule has 1 aromatic carbocycles. The molecule has 24 heavy (non-hydrogen) atoms. The van der Waals surface area contributed by atoms with Gasteiger partial charge in [0.25, 0.3) is 5.69 Å². The van der Waals surface area contributed by atoms with E-state index in [9.17, 15) is 10.0 Å². The van der Waals surface area contributed by atoms with Crippen molar-refractivity contribution in [2.45, 2.75) is 18.8 Å². The molecule has 1 aliphatic rings. The number of hydrogen-bond donors (Lipinski definition) is 1. The Kier molecular flexibility index (Phi) is 3.69. The standard InChI is InChI=1S/C19H19N3O2/c23-19(18-7-3-4-10-22(18)24)21-11-8-14(9-12-21)17-13-15-5-1-2-6-16(15)20-17/h1-7,10,13-14,20H,8-9,11-12H2. The highest BCUT2D eigenvalue weighted by Crippen LogP contribution is 2.30. The first-order valence-corrected chi connectivity index (χ1v) is 8.27. The lowest BCUT2D eigenvalue weighted by Gasteiger charge is -2.31. The van der Waals surface area contributed by atoms with Crippen molar-refractivity contribution in [3.63, 3.8) is 0 Å². The first kappa shape index (κ1) is 14.8. The summed E-state index contributed by atoms with van der Waals surface area (Å²) in [5, 5.41) is 13.0. The molecule has 1 saturated heterocycles. The molecule has 0 radical (unpaired) electrons. The number of nitrogens with zero attached hydrogens (tertiary/aromatic N) is 2. The lowest BCUT2D eigenvalue weighted by molar-refractivity contribution is -0.608. The summed E-state index contributed by atoms with van der Waals surface area (Å²) in [4.78, 5) is 17.8. The van der Waals surface area contributed by atoms with Gasteiger partial charge < -0.3 is 15.1 Å². The third kappa shape index (κ3) is 2.62. The van der Waals surface area contributed by atoms with Crippen LogP contribution in [0.1, 0.15) is 34.9 Å². The Balaban J connectivity index is 1.47. The minimum absolute atomic E-state index is 0.180. The molecule has 1 aliphatic heterocycles. The van der Waals surface area contributed by atoms with Gasteiger partial charge in [0.05, 0.1) is 0 Å². The van der Waals surface area contributed by atoms with Crippen LogP contribution < -0.4 is 4.73 Å². The zero-order chi connectivity index (χ0) is 16.5. The summed E-state index contributed by atoms with van der Waals surface area (Å²) in [6.45, 7) is 1.35. The third-order valence-electron chi connectivity index (χ3n) is 4.82. The average Bonchev–Trinajstić information content (AvgIpc) is 3.06. The highest BCUT2D eigenvalue weighted by Gasteiger charge is 2.28. The second-order valence-electron chi connectivity index (χ2n) is 6.29. The maximum absolute atomic E-state index is 12.5. The van der Waals surface area contributed by atoms with Gasteiger partial charge in [0.2, 0.25) is 0 Å². The maximum Gasteiger partial charge on any atom is 0.319 e. The highest BCUT2D eigenvalue weighted by atomic mass is 16.5. The summed E-state index contributed by atoms with van der Waals surface area (Å²) in [5.41, 5.74) is 2.59. The fraction of sp³-hybridized carbons (Fsp3) is 0.263. The smallest absolute Gasteiger partial charge is 0.319 e. The number of aromatic amines is 1. The fourth-order valence-corrected chi connectivity index (χ4v) is 3.47. The van der Waals surface area contributed by atoms with Crippen LogP contribution in [0.5, 0.6) is 0 Å². The molecule has 3 heterocycles. The van der Waals surface area contributed by atoms with Crippen molar-refractivity contribution in [3.8, 4) is 0 Å². The Bertz CT molecular complexity index is 846. The number of carbonyl (C=O) groups excluding carboxylic acids is 1. The van der Waals surface area contributed by atoms with Crippen LogP contribution in [-0.2, 0) is 0 Å². The quantitative estimate of drug-likeness (QED) is 0.583. The number of carbonyl (C=O) groups is 1. The number of amides is 1. The van der Waals surface area contributed by atoms with Gasteiger partial charge in [0.1, 0.15) is 0 Å². The Morgan fingerprint density at radius 2 is 1.88 bits per heavy atom. The summed E-state index contributed by atoms with van der Waals surface area (Å²) in [5.74, 6) is 0.247. The van der Waals surface area contributed by atoms with Gasteiger partial charge >= 0.3 is 5.91 Å². The van der Waals surface area contributed by atoms with Crippen LogP contribution in [0, 0.1) is 5.21 Å². The molecule has 0 aliphatic carbocycles. The number of benzene rings is 1. The van der Waals surface area contributed by atoms with E-state index in [2.05, 4.69) is 23.2 Å². The van der Waals surface area contributed by atoms with Crippen molar-refractivity contribution in [2.24, 2.45) is 0 Å². The van der Waals surface area contributed by atoms with Crippen LogP contribution in [0.25, 0.3) is 10.9 Å². The van der Waals surface area contributed by atoms with Crippen molar-refractivity contribution in [1.82, 2.24) is 9.88 Å². The monoisotopic (exact) mass is 321 g/mol. The van der Waals surface area contributed by atoms with Crippen LogP contribution in [0.3, 0.4) is 0 Å². The van der Waals surface area contributed by atoms with Gasteiger partial charge in [-0.1, -0.05) is 18.2 Å². The van der Waals surface area contributed by atoms with Gasteiger partial charge in [-0.3, -0.25) is 4.79 Å². The van der Waals surface area contributed by atoms with E-state index in [1.807, 2.05) is 12.1 Å². The Morgan fingerprint density at radius 3 is 2.62 bits per heavy atom. The molecule has 4 rings (SSSR count). The number of likely N-dealkylation sites (tertiary alicyclic amines) is 1. The lowest BCUT2D eigenvalue weighted by atomic mass is 9.93. The predicted octanol–water partition coefficient (Wildman–Crippen LogP) is 2.82. The lowest BCUT2D eigenvalue weighted by Crippen LogP contribution is -2.44. The van der Waals surface area contributed by atoms with Crippen LogP contribution >= 0.6 is 0 Å². The molecule has 122 valence electrons. The summed E-state index contributed by atoms with van der Waals surface area (Å²) < 4.78 is 0.645. The highest BCUT2D eigenvalue weighted by molar-refractivity contribution is 5.91. The fourth-order valence-electron chi connectivity index (χ4n) is 3.47. The number of H-pyrrole nitrogens is 1. The first-order chi connectivity index (χ1) is 11.7. The molecule has 3 aromatic rings. The zero-order valence-electron chi connectivity index (χ0n) is 13.3. The maximum atomic E-state index is 12.5. The minimum atomic E-state index is -0.180. The molecule has 2 aromatic heterocycles. The van der Waals surface area contributed by atoms with Gasteiger partial charge in [0, 0.05) is 42.4 Å². The molecule has 5 nitrogen and oxygen atoms in total. The molecule has 0 spiro atoms. The van der Waals surface area contributed by atoms with E-state index in [-0.39, 0.29) is 11.6 Å². The predicted molar refractivity (Wildman–Crippen MR) is 91.6 cm³/mol. The number of aromatic nitrogens is 2. The number of rotatable bonds is 2. The van der Waals surface area contributed by atoms with Crippen molar-refractivity contribution in [3.05, 3.63) is 71.3 Å². The first-order valence-electron chi connectivity index (χ1n) is 8.27. The summed E-state index contributed by atoms with van der Waals surface area (Å²) in [7, 11) is 0. The number of fused-ring (bicyclic) bond motifs is 1. The molecular weight excluding hydrogens is 302 g/mol. The van der Waals surface area contributed by atoms with E-state index in [4.69, 9.17) is 0 Å². The second-order valence-corrected chi connectivity index (χ2v) is 6.29. The van der Waals surface area contributed by atoms with Crippen molar-refractivity contribution in [2.75, 3.05) is 13.1 Å².